The van der Waals surface area contributed by atoms with E-state index in [0.717, 1.165) is 6.54 Å². The Bertz CT molecular complexity index is 980. The Balaban J connectivity index is 2.18. The van der Waals surface area contributed by atoms with Gasteiger partial charge < -0.3 is 10.1 Å². The fourth-order valence-corrected chi connectivity index (χ4v) is 4.57. The average Bonchev–Trinajstić information content (AvgIpc) is 2.71. The molecule has 2 N–H and O–H groups in total. The molecule has 0 aliphatic carbocycles. The second-order valence-corrected chi connectivity index (χ2v) is 8.99. The Morgan fingerprint density at radius 3 is 2.53 bits per heavy atom. The van der Waals surface area contributed by atoms with Crippen molar-refractivity contribution in [1.29, 1.82) is 0 Å². The van der Waals surface area contributed by atoms with Crippen LogP contribution in [-0.2, 0) is 10.0 Å². The van der Waals surface area contributed by atoms with Gasteiger partial charge in [0.15, 0.2) is 0 Å². The zero-order valence-corrected chi connectivity index (χ0v) is 19.2. The van der Waals surface area contributed by atoms with Crippen LogP contribution in [0.4, 0.5) is 5.69 Å². The molecule has 0 aliphatic heterocycles. The maximum Gasteiger partial charge on any atom is 0.263 e. The second-order valence-electron chi connectivity index (χ2n) is 6.93. The molecular formula is C21H28ClN3O4S. The number of ether oxygens (including phenoxy) is 1. The number of likely N-dealkylation sites (N-methyl/N-ethyl adjacent to an activating group) is 1. The van der Waals surface area contributed by atoms with E-state index in [-0.39, 0.29) is 27.1 Å². The fraction of sp³-hybridized carbons (Fsp3) is 0.381. The van der Waals surface area contributed by atoms with E-state index >= 15 is 0 Å². The molecule has 0 spiro atoms. The average molecular weight is 454 g/mol. The first-order chi connectivity index (χ1) is 14.2. The highest BCUT2D eigenvalue weighted by atomic mass is 35.5. The molecule has 0 aliphatic rings. The van der Waals surface area contributed by atoms with E-state index in [2.05, 4.69) is 35.7 Å². The van der Waals surface area contributed by atoms with Gasteiger partial charge in [-0.05, 0) is 50.7 Å². The SMILES string of the molecule is CCN(CCNC(=O)c1ccc(Cl)c(S(=O)(=O)Nc2ccccc2OC)c1)C(C)C. The molecule has 0 saturated carbocycles. The molecule has 2 rings (SSSR count). The van der Waals surface area contributed by atoms with Crippen molar-refractivity contribution < 1.29 is 17.9 Å². The number of hydrogen-bond donors (Lipinski definition) is 2. The van der Waals surface area contributed by atoms with Crippen molar-refractivity contribution in [2.75, 3.05) is 31.5 Å². The Morgan fingerprint density at radius 1 is 1.20 bits per heavy atom. The molecule has 0 heterocycles. The number of carbonyl (C=O) groups excluding carboxylic acids is 1. The van der Waals surface area contributed by atoms with Crippen LogP contribution in [0.1, 0.15) is 31.1 Å². The molecule has 0 bridgehead atoms. The zero-order chi connectivity index (χ0) is 22.3. The smallest absolute Gasteiger partial charge is 0.263 e. The number of halogens is 1. The van der Waals surface area contributed by atoms with Crippen LogP contribution in [0.25, 0.3) is 0 Å². The van der Waals surface area contributed by atoms with Gasteiger partial charge in [0.1, 0.15) is 10.6 Å². The van der Waals surface area contributed by atoms with Crippen molar-refractivity contribution in [1.82, 2.24) is 10.2 Å². The number of anilines is 1. The van der Waals surface area contributed by atoms with Crippen LogP contribution in [0.2, 0.25) is 5.02 Å². The topological polar surface area (TPSA) is 87.7 Å². The third-order valence-corrected chi connectivity index (χ3v) is 6.50. The number of carbonyl (C=O) groups is 1. The summed E-state index contributed by atoms with van der Waals surface area (Å²) in [5.74, 6) is 0.0111. The highest BCUT2D eigenvalue weighted by molar-refractivity contribution is 7.92. The first kappa shape index (κ1) is 24.0. The number of benzene rings is 2. The van der Waals surface area contributed by atoms with Crippen LogP contribution >= 0.6 is 11.6 Å². The van der Waals surface area contributed by atoms with Crippen molar-refractivity contribution in [3.05, 3.63) is 53.1 Å². The maximum absolute atomic E-state index is 12.9. The summed E-state index contributed by atoms with van der Waals surface area (Å²) in [5, 5.41) is 2.85. The summed E-state index contributed by atoms with van der Waals surface area (Å²) in [5.41, 5.74) is 0.492. The molecule has 0 fully saturated rings. The molecule has 164 valence electrons. The number of methoxy groups -OCH3 is 1. The number of para-hydroxylation sites is 2. The number of rotatable bonds is 10. The van der Waals surface area contributed by atoms with Gasteiger partial charge in [-0.25, -0.2) is 8.42 Å². The molecule has 0 saturated heterocycles. The molecule has 7 nitrogen and oxygen atoms in total. The van der Waals surface area contributed by atoms with Gasteiger partial charge in [0.05, 0.1) is 17.8 Å². The number of sulfonamides is 1. The van der Waals surface area contributed by atoms with E-state index in [1.807, 2.05) is 0 Å². The minimum atomic E-state index is -4.03. The molecule has 2 aromatic carbocycles. The summed E-state index contributed by atoms with van der Waals surface area (Å²) in [7, 11) is -2.58. The second kappa shape index (κ2) is 10.7. The van der Waals surface area contributed by atoms with Crippen molar-refractivity contribution >= 4 is 33.2 Å². The molecule has 2 aromatic rings. The summed E-state index contributed by atoms with van der Waals surface area (Å²) in [6.45, 7) is 8.29. The molecule has 30 heavy (non-hydrogen) atoms. The fourth-order valence-electron chi connectivity index (χ4n) is 2.98. The molecule has 0 atom stereocenters. The van der Waals surface area contributed by atoms with Crippen molar-refractivity contribution in [3.8, 4) is 5.75 Å². The molecule has 0 aromatic heterocycles. The van der Waals surface area contributed by atoms with Gasteiger partial charge in [-0.3, -0.25) is 14.4 Å². The van der Waals surface area contributed by atoms with E-state index in [0.29, 0.717) is 24.9 Å². The lowest BCUT2D eigenvalue weighted by atomic mass is 10.2. The third kappa shape index (κ3) is 6.10. The van der Waals surface area contributed by atoms with Gasteiger partial charge in [0.2, 0.25) is 0 Å². The van der Waals surface area contributed by atoms with Crippen LogP contribution in [0.3, 0.4) is 0 Å². The lowest BCUT2D eigenvalue weighted by Gasteiger charge is -2.24. The highest BCUT2D eigenvalue weighted by Gasteiger charge is 2.22. The minimum absolute atomic E-state index is 0.0194. The summed E-state index contributed by atoms with van der Waals surface area (Å²) < 4.78 is 33.4. The van der Waals surface area contributed by atoms with Crippen molar-refractivity contribution in [2.24, 2.45) is 0 Å². The summed E-state index contributed by atoms with van der Waals surface area (Å²) in [4.78, 5) is 14.6. The van der Waals surface area contributed by atoms with Gasteiger partial charge in [-0.1, -0.05) is 30.7 Å². The van der Waals surface area contributed by atoms with Crippen LogP contribution < -0.4 is 14.8 Å². The third-order valence-electron chi connectivity index (χ3n) is 4.66. The number of nitrogens with zero attached hydrogens (tertiary/aromatic N) is 1. The van der Waals surface area contributed by atoms with E-state index < -0.39 is 10.0 Å². The Morgan fingerprint density at radius 2 is 1.90 bits per heavy atom. The standard InChI is InChI=1S/C21H28ClN3O4S/c1-5-25(15(2)3)13-12-23-21(26)16-10-11-17(22)20(14-16)30(27,28)24-18-8-6-7-9-19(18)29-4/h6-11,14-15,24H,5,12-13H2,1-4H3,(H,23,26). The molecule has 1 amide bonds. The minimum Gasteiger partial charge on any atom is -0.495 e. The Labute approximate surface area is 183 Å². The van der Waals surface area contributed by atoms with E-state index in [9.17, 15) is 13.2 Å². The number of hydrogen-bond acceptors (Lipinski definition) is 5. The lowest BCUT2D eigenvalue weighted by Crippen LogP contribution is -2.38. The first-order valence-electron chi connectivity index (χ1n) is 9.67. The normalized spacial score (nSPS) is 11.6. The molecule has 9 heteroatoms. The Kier molecular flexibility index (Phi) is 8.52. The Hall–Kier alpha value is -2.29. The predicted molar refractivity (Wildman–Crippen MR) is 120 cm³/mol. The lowest BCUT2D eigenvalue weighted by molar-refractivity contribution is 0.0945. The van der Waals surface area contributed by atoms with E-state index in [1.54, 1.807) is 24.3 Å². The summed E-state index contributed by atoms with van der Waals surface area (Å²) >= 11 is 6.14. The molecule has 0 unspecified atom stereocenters. The summed E-state index contributed by atoms with van der Waals surface area (Å²) in [6.07, 6.45) is 0. The van der Waals surface area contributed by atoms with Crippen LogP contribution in [-0.4, -0.2) is 52.0 Å². The van der Waals surface area contributed by atoms with Gasteiger partial charge in [0.25, 0.3) is 15.9 Å². The number of nitrogens with one attached hydrogen (secondary N) is 2. The van der Waals surface area contributed by atoms with E-state index in [4.69, 9.17) is 16.3 Å². The molecule has 0 radical (unpaired) electrons. The van der Waals surface area contributed by atoms with E-state index in [1.165, 1.54) is 25.3 Å². The van der Waals surface area contributed by atoms with Crippen LogP contribution in [0.5, 0.6) is 5.75 Å². The van der Waals surface area contributed by atoms with Crippen molar-refractivity contribution in [2.45, 2.75) is 31.7 Å². The summed E-state index contributed by atoms with van der Waals surface area (Å²) in [6, 6.07) is 11.2. The maximum atomic E-state index is 12.9. The van der Waals surface area contributed by atoms with Gasteiger partial charge >= 0.3 is 0 Å². The monoisotopic (exact) mass is 453 g/mol. The highest BCUT2D eigenvalue weighted by Crippen LogP contribution is 2.29. The predicted octanol–water partition coefficient (Wildman–Crippen LogP) is 3.61. The van der Waals surface area contributed by atoms with Gasteiger partial charge in [-0.15, -0.1) is 0 Å². The largest absolute Gasteiger partial charge is 0.495 e. The van der Waals surface area contributed by atoms with Crippen LogP contribution in [0, 0.1) is 0 Å². The van der Waals surface area contributed by atoms with Crippen molar-refractivity contribution in [3.63, 3.8) is 0 Å². The zero-order valence-electron chi connectivity index (χ0n) is 17.6. The van der Waals surface area contributed by atoms with Gasteiger partial charge in [-0.2, -0.15) is 0 Å². The molecular weight excluding hydrogens is 426 g/mol. The first-order valence-corrected chi connectivity index (χ1v) is 11.5. The van der Waals surface area contributed by atoms with Crippen LogP contribution in [0.15, 0.2) is 47.4 Å². The number of amides is 1. The quantitative estimate of drug-likeness (QED) is 0.573. The van der Waals surface area contributed by atoms with Gasteiger partial charge in [0, 0.05) is 24.7 Å².